The Hall–Kier alpha value is -1.51. The van der Waals surface area contributed by atoms with Gasteiger partial charge in [0.2, 0.25) is 10.0 Å². The lowest BCUT2D eigenvalue weighted by Crippen LogP contribution is -2.21. The molecule has 3 rings (SSSR count). The smallest absolute Gasteiger partial charge is 0.238 e. The second-order valence-electron chi connectivity index (χ2n) is 6.21. The van der Waals surface area contributed by atoms with E-state index in [0.717, 1.165) is 23.2 Å². The minimum absolute atomic E-state index is 0.0597. The van der Waals surface area contributed by atoms with Crippen molar-refractivity contribution in [1.82, 2.24) is 5.32 Å². The van der Waals surface area contributed by atoms with Gasteiger partial charge in [0.05, 0.1) is 29.2 Å². The van der Waals surface area contributed by atoms with Crippen molar-refractivity contribution in [1.29, 1.82) is 0 Å². The Balaban J connectivity index is 2.19. The molecule has 27 heavy (non-hydrogen) atoms. The van der Waals surface area contributed by atoms with Crippen LogP contribution in [0.2, 0.25) is 10.0 Å². The van der Waals surface area contributed by atoms with Crippen LogP contribution in [0.3, 0.4) is 0 Å². The van der Waals surface area contributed by atoms with Crippen molar-refractivity contribution in [2.75, 3.05) is 27.3 Å². The SMILES string of the molecule is COc1c(Cl)c2c(c(Cl)c1OC)C(c1ccc(S(N)(=O)=O)cc1)CNCC2. The second kappa shape index (κ2) is 7.85. The van der Waals surface area contributed by atoms with Gasteiger partial charge >= 0.3 is 0 Å². The minimum atomic E-state index is -3.75. The van der Waals surface area contributed by atoms with Crippen molar-refractivity contribution >= 4 is 33.2 Å². The molecular formula is C18H20Cl2N2O4S. The van der Waals surface area contributed by atoms with Gasteiger partial charge in [-0.05, 0) is 41.8 Å². The summed E-state index contributed by atoms with van der Waals surface area (Å²) in [7, 11) is -0.722. The predicted molar refractivity (Wildman–Crippen MR) is 106 cm³/mol. The first-order chi connectivity index (χ1) is 12.8. The van der Waals surface area contributed by atoms with Gasteiger partial charge in [-0.3, -0.25) is 0 Å². The molecule has 0 spiro atoms. The number of rotatable bonds is 4. The molecule has 0 saturated heterocycles. The first kappa shape index (κ1) is 20.2. The summed E-state index contributed by atoms with van der Waals surface area (Å²) in [6.07, 6.45) is 0.681. The lowest BCUT2D eigenvalue weighted by Gasteiger charge is -2.24. The molecule has 1 unspecified atom stereocenters. The third-order valence-corrected chi connectivity index (χ3v) is 6.40. The topological polar surface area (TPSA) is 90.7 Å². The Bertz CT molecular complexity index is 963. The summed E-state index contributed by atoms with van der Waals surface area (Å²) < 4.78 is 33.9. The molecule has 146 valence electrons. The first-order valence-electron chi connectivity index (χ1n) is 8.24. The minimum Gasteiger partial charge on any atom is -0.491 e. The Morgan fingerprint density at radius 2 is 1.67 bits per heavy atom. The van der Waals surface area contributed by atoms with Gasteiger partial charge in [-0.1, -0.05) is 35.3 Å². The molecule has 0 saturated carbocycles. The molecule has 0 aromatic heterocycles. The van der Waals surface area contributed by atoms with Crippen molar-refractivity contribution in [2.24, 2.45) is 5.14 Å². The van der Waals surface area contributed by atoms with Crippen molar-refractivity contribution in [3.8, 4) is 11.5 Å². The summed E-state index contributed by atoms with van der Waals surface area (Å²) in [5.41, 5.74) is 2.64. The average molecular weight is 431 g/mol. The maximum absolute atomic E-state index is 11.5. The standard InChI is InChI=1S/C18H20Cl2N2O4S/c1-25-17-15(19)12-7-8-22-9-13(14(12)16(20)18(17)26-2)10-3-5-11(6-4-10)27(21,23)24/h3-6,13,22H,7-9H2,1-2H3,(H2,21,23,24). The van der Waals surface area contributed by atoms with Crippen LogP contribution in [-0.4, -0.2) is 35.7 Å². The van der Waals surface area contributed by atoms with Gasteiger partial charge in [0.25, 0.3) is 0 Å². The van der Waals surface area contributed by atoms with Crippen LogP contribution in [0.1, 0.15) is 22.6 Å². The molecular weight excluding hydrogens is 411 g/mol. The number of fused-ring (bicyclic) bond motifs is 1. The van der Waals surface area contributed by atoms with Gasteiger partial charge in [0.1, 0.15) is 0 Å². The fraction of sp³-hybridized carbons (Fsp3) is 0.333. The monoisotopic (exact) mass is 430 g/mol. The Labute approximate surface area is 168 Å². The fourth-order valence-corrected chi connectivity index (χ4v) is 4.70. The third kappa shape index (κ3) is 3.75. The van der Waals surface area contributed by atoms with Gasteiger partial charge in [0.15, 0.2) is 11.5 Å². The maximum atomic E-state index is 11.5. The number of halogens is 2. The zero-order valence-corrected chi connectivity index (χ0v) is 17.2. The van der Waals surface area contributed by atoms with Crippen LogP contribution in [-0.2, 0) is 16.4 Å². The van der Waals surface area contributed by atoms with E-state index in [0.29, 0.717) is 34.5 Å². The van der Waals surface area contributed by atoms with Crippen LogP contribution in [0.4, 0.5) is 0 Å². The molecule has 0 radical (unpaired) electrons. The largest absolute Gasteiger partial charge is 0.491 e. The van der Waals surface area contributed by atoms with Crippen molar-refractivity contribution in [3.05, 3.63) is 51.0 Å². The number of methoxy groups -OCH3 is 2. The number of nitrogens with two attached hydrogens (primary N) is 1. The van der Waals surface area contributed by atoms with Crippen LogP contribution < -0.4 is 19.9 Å². The highest BCUT2D eigenvalue weighted by atomic mass is 35.5. The van der Waals surface area contributed by atoms with Gasteiger partial charge in [-0.25, -0.2) is 13.6 Å². The van der Waals surface area contributed by atoms with E-state index in [1.165, 1.54) is 26.4 Å². The molecule has 2 aromatic carbocycles. The van der Waals surface area contributed by atoms with E-state index >= 15 is 0 Å². The molecule has 0 fully saturated rings. The summed E-state index contributed by atoms with van der Waals surface area (Å²) >= 11 is 13.3. The molecule has 2 aromatic rings. The number of hydrogen-bond donors (Lipinski definition) is 2. The van der Waals surface area contributed by atoms with Crippen LogP contribution >= 0.6 is 23.2 Å². The Morgan fingerprint density at radius 3 is 2.22 bits per heavy atom. The first-order valence-corrected chi connectivity index (χ1v) is 10.5. The molecule has 6 nitrogen and oxygen atoms in total. The molecule has 0 aliphatic carbocycles. The van der Waals surface area contributed by atoms with E-state index in [4.69, 9.17) is 37.8 Å². The second-order valence-corrected chi connectivity index (χ2v) is 8.52. The summed E-state index contributed by atoms with van der Waals surface area (Å²) in [5, 5.41) is 9.48. The number of sulfonamides is 1. The van der Waals surface area contributed by atoms with Crippen LogP contribution in [0.25, 0.3) is 0 Å². The zero-order valence-electron chi connectivity index (χ0n) is 14.9. The Morgan fingerprint density at radius 1 is 1.07 bits per heavy atom. The highest BCUT2D eigenvalue weighted by Crippen LogP contribution is 2.49. The van der Waals surface area contributed by atoms with Crippen molar-refractivity contribution < 1.29 is 17.9 Å². The zero-order chi connectivity index (χ0) is 19.8. The van der Waals surface area contributed by atoms with Gasteiger partial charge < -0.3 is 14.8 Å². The molecule has 3 N–H and O–H groups in total. The summed E-state index contributed by atoms with van der Waals surface area (Å²) in [6.45, 7) is 1.34. The highest BCUT2D eigenvalue weighted by molar-refractivity contribution is 7.89. The molecule has 0 amide bonds. The van der Waals surface area contributed by atoms with Crippen molar-refractivity contribution in [3.63, 3.8) is 0 Å². The van der Waals surface area contributed by atoms with E-state index in [1.54, 1.807) is 12.1 Å². The predicted octanol–water partition coefficient (Wildman–Crippen LogP) is 2.94. The number of nitrogens with one attached hydrogen (secondary N) is 1. The van der Waals surface area contributed by atoms with Gasteiger partial charge in [0, 0.05) is 12.5 Å². The number of hydrogen-bond acceptors (Lipinski definition) is 5. The third-order valence-electron chi connectivity index (χ3n) is 4.70. The van der Waals surface area contributed by atoms with Gasteiger partial charge in [-0.15, -0.1) is 0 Å². The fourth-order valence-electron chi connectivity index (χ4n) is 3.42. The highest BCUT2D eigenvalue weighted by Gasteiger charge is 2.30. The molecule has 1 aliphatic heterocycles. The maximum Gasteiger partial charge on any atom is 0.238 e. The summed E-state index contributed by atoms with van der Waals surface area (Å²) in [5.74, 6) is 0.658. The molecule has 1 heterocycles. The van der Waals surface area contributed by atoms with E-state index < -0.39 is 10.0 Å². The van der Waals surface area contributed by atoms with Crippen LogP contribution in [0.15, 0.2) is 29.2 Å². The molecule has 1 atom stereocenters. The molecule has 9 heteroatoms. The number of benzene rings is 2. The Kier molecular flexibility index (Phi) is 5.88. The van der Waals surface area contributed by atoms with E-state index in [1.807, 2.05) is 0 Å². The number of primary sulfonamides is 1. The lowest BCUT2D eigenvalue weighted by molar-refractivity contribution is 0.354. The summed E-state index contributed by atoms with van der Waals surface area (Å²) in [4.78, 5) is 0.0597. The van der Waals surface area contributed by atoms with Crippen LogP contribution in [0.5, 0.6) is 11.5 Å². The number of ether oxygens (including phenoxy) is 2. The molecule has 1 aliphatic rings. The van der Waals surface area contributed by atoms with E-state index in [9.17, 15) is 8.42 Å². The normalized spacial score (nSPS) is 17.1. The van der Waals surface area contributed by atoms with Crippen LogP contribution in [0, 0.1) is 0 Å². The lowest BCUT2D eigenvalue weighted by atomic mass is 9.87. The quantitative estimate of drug-likeness (QED) is 0.777. The van der Waals surface area contributed by atoms with Crippen molar-refractivity contribution in [2.45, 2.75) is 17.2 Å². The van der Waals surface area contributed by atoms with Gasteiger partial charge in [-0.2, -0.15) is 0 Å². The van der Waals surface area contributed by atoms with E-state index in [-0.39, 0.29) is 10.8 Å². The average Bonchev–Trinajstić information content (AvgIpc) is 2.87. The van der Waals surface area contributed by atoms with E-state index in [2.05, 4.69) is 5.32 Å². The summed E-state index contributed by atoms with van der Waals surface area (Å²) in [6, 6.07) is 6.46. The molecule has 0 bridgehead atoms.